The van der Waals surface area contributed by atoms with Gasteiger partial charge in [-0.1, -0.05) is 0 Å². The molecule has 22 heavy (non-hydrogen) atoms. The molecule has 0 saturated heterocycles. The topological polar surface area (TPSA) is 95.3 Å². The summed E-state index contributed by atoms with van der Waals surface area (Å²) in [6.07, 6.45) is 0. The van der Waals surface area contributed by atoms with Crippen LogP contribution in [0, 0.1) is 15.9 Å². The van der Waals surface area contributed by atoms with Gasteiger partial charge in [0.25, 0.3) is 11.2 Å². The first-order valence-electron chi connectivity index (χ1n) is 6.07. The normalized spacial score (nSPS) is 10.8. The second-order valence-electron chi connectivity index (χ2n) is 4.42. The van der Waals surface area contributed by atoms with Crippen molar-refractivity contribution in [2.24, 2.45) is 0 Å². The van der Waals surface area contributed by atoms with E-state index in [0.717, 1.165) is 24.3 Å². The van der Waals surface area contributed by atoms with Crippen LogP contribution in [-0.2, 0) is 0 Å². The molecule has 0 atom stereocenters. The van der Waals surface area contributed by atoms with Crippen molar-refractivity contribution >= 4 is 16.7 Å². The number of hydrogen-bond acceptors (Lipinski definition) is 5. The summed E-state index contributed by atoms with van der Waals surface area (Å²) in [5.74, 6) is -1.49. The fourth-order valence-electron chi connectivity index (χ4n) is 2.04. The highest BCUT2D eigenvalue weighted by Crippen LogP contribution is 2.17. The fourth-order valence-corrected chi connectivity index (χ4v) is 2.04. The molecular weight excluding hydrogens is 295 g/mol. The standard InChI is InChI=1S/C14H7FN2O5/c15-8-1-3-9(4-2-8)16-13(18)11-7-10(17(20)21)5-6-12(11)22-14(16)19/h1-7H. The lowest BCUT2D eigenvalue weighted by Crippen LogP contribution is -2.30. The average Bonchev–Trinajstić information content (AvgIpc) is 2.48. The van der Waals surface area contributed by atoms with Gasteiger partial charge >= 0.3 is 5.76 Å². The minimum absolute atomic E-state index is 0.0565. The first-order valence-corrected chi connectivity index (χ1v) is 6.07. The third kappa shape index (κ3) is 2.16. The molecular formula is C14H7FN2O5. The van der Waals surface area contributed by atoms with E-state index < -0.39 is 22.1 Å². The fraction of sp³-hybridized carbons (Fsp3) is 0. The van der Waals surface area contributed by atoms with Gasteiger partial charge in [-0.05, 0) is 30.3 Å². The molecule has 8 heteroatoms. The Kier molecular flexibility index (Phi) is 3.06. The molecule has 0 unspecified atom stereocenters. The summed E-state index contributed by atoms with van der Waals surface area (Å²) in [5, 5.41) is 10.7. The Labute approximate surface area is 121 Å². The van der Waals surface area contributed by atoms with E-state index in [2.05, 4.69) is 0 Å². The number of rotatable bonds is 2. The van der Waals surface area contributed by atoms with Crippen molar-refractivity contribution in [2.45, 2.75) is 0 Å². The smallest absolute Gasteiger partial charge is 0.409 e. The zero-order valence-corrected chi connectivity index (χ0v) is 10.9. The molecule has 1 aromatic heterocycles. The first-order chi connectivity index (χ1) is 10.5. The minimum Gasteiger partial charge on any atom is -0.409 e. The van der Waals surface area contributed by atoms with Crippen LogP contribution in [0.3, 0.4) is 0 Å². The van der Waals surface area contributed by atoms with Crippen molar-refractivity contribution < 1.29 is 13.7 Å². The average molecular weight is 302 g/mol. The van der Waals surface area contributed by atoms with Gasteiger partial charge in [0.15, 0.2) is 0 Å². The molecule has 2 aromatic carbocycles. The summed E-state index contributed by atoms with van der Waals surface area (Å²) < 4.78 is 18.6. The summed E-state index contributed by atoms with van der Waals surface area (Å²) in [6, 6.07) is 7.98. The third-order valence-electron chi connectivity index (χ3n) is 3.07. The summed E-state index contributed by atoms with van der Waals surface area (Å²) in [6.45, 7) is 0. The van der Waals surface area contributed by atoms with Crippen molar-refractivity contribution in [1.29, 1.82) is 0 Å². The number of aromatic nitrogens is 1. The van der Waals surface area contributed by atoms with Crippen molar-refractivity contribution in [3.63, 3.8) is 0 Å². The van der Waals surface area contributed by atoms with E-state index in [-0.39, 0.29) is 22.3 Å². The van der Waals surface area contributed by atoms with E-state index in [9.17, 15) is 24.1 Å². The van der Waals surface area contributed by atoms with Crippen molar-refractivity contribution in [3.05, 3.63) is 79.3 Å². The number of non-ortho nitro benzene ring substituents is 1. The molecule has 0 fully saturated rings. The molecule has 110 valence electrons. The van der Waals surface area contributed by atoms with Crippen LogP contribution in [0.2, 0.25) is 0 Å². The number of fused-ring (bicyclic) bond motifs is 1. The van der Waals surface area contributed by atoms with Crippen LogP contribution in [0.25, 0.3) is 16.7 Å². The molecule has 7 nitrogen and oxygen atoms in total. The molecule has 1 heterocycles. The molecule has 0 aliphatic rings. The largest absolute Gasteiger partial charge is 0.426 e. The lowest BCUT2D eigenvalue weighted by molar-refractivity contribution is -0.384. The monoisotopic (exact) mass is 302 g/mol. The number of benzene rings is 2. The number of nitro groups is 1. The number of nitro benzene ring substituents is 1. The van der Waals surface area contributed by atoms with Crippen molar-refractivity contribution in [3.8, 4) is 5.69 Å². The Morgan fingerprint density at radius 3 is 2.41 bits per heavy atom. The maximum Gasteiger partial charge on any atom is 0.426 e. The highest BCUT2D eigenvalue weighted by molar-refractivity contribution is 5.78. The molecule has 3 aromatic rings. The van der Waals surface area contributed by atoms with Gasteiger partial charge in [-0.2, -0.15) is 0 Å². The molecule has 0 amide bonds. The third-order valence-corrected chi connectivity index (χ3v) is 3.07. The quantitative estimate of drug-likeness (QED) is 0.533. The van der Waals surface area contributed by atoms with Gasteiger partial charge in [-0.3, -0.25) is 14.9 Å². The van der Waals surface area contributed by atoms with Gasteiger partial charge in [-0.25, -0.2) is 13.8 Å². The number of nitrogens with zero attached hydrogens (tertiary/aromatic N) is 2. The van der Waals surface area contributed by atoms with Crippen LogP contribution in [0.4, 0.5) is 10.1 Å². The lowest BCUT2D eigenvalue weighted by Gasteiger charge is -2.05. The van der Waals surface area contributed by atoms with Crippen LogP contribution >= 0.6 is 0 Å². The highest BCUT2D eigenvalue weighted by Gasteiger charge is 2.15. The van der Waals surface area contributed by atoms with E-state index in [0.29, 0.717) is 4.57 Å². The van der Waals surface area contributed by atoms with Crippen LogP contribution in [-0.4, -0.2) is 9.49 Å². The van der Waals surface area contributed by atoms with Crippen LogP contribution in [0.1, 0.15) is 0 Å². The van der Waals surface area contributed by atoms with Crippen molar-refractivity contribution in [1.82, 2.24) is 4.57 Å². The van der Waals surface area contributed by atoms with E-state index >= 15 is 0 Å². The molecule has 0 saturated carbocycles. The van der Waals surface area contributed by atoms with Gasteiger partial charge in [-0.15, -0.1) is 0 Å². The van der Waals surface area contributed by atoms with Gasteiger partial charge in [0.05, 0.1) is 16.0 Å². The zero-order valence-electron chi connectivity index (χ0n) is 10.9. The van der Waals surface area contributed by atoms with E-state index in [1.54, 1.807) is 0 Å². The maximum absolute atomic E-state index is 12.9. The molecule has 0 aliphatic carbocycles. The second kappa shape index (κ2) is 4.92. The summed E-state index contributed by atoms with van der Waals surface area (Å²) in [5.41, 5.74) is -1.03. The summed E-state index contributed by atoms with van der Waals surface area (Å²) in [4.78, 5) is 34.4. The maximum atomic E-state index is 12.9. The van der Waals surface area contributed by atoms with Gasteiger partial charge < -0.3 is 4.42 Å². The van der Waals surface area contributed by atoms with E-state index in [1.807, 2.05) is 0 Å². The summed E-state index contributed by atoms with van der Waals surface area (Å²) in [7, 11) is 0. The Morgan fingerprint density at radius 2 is 1.77 bits per heavy atom. The lowest BCUT2D eigenvalue weighted by atomic mass is 10.2. The molecule has 0 bridgehead atoms. The van der Waals surface area contributed by atoms with Gasteiger partial charge in [0.2, 0.25) is 0 Å². The van der Waals surface area contributed by atoms with Gasteiger partial charge in [0.1, 0.15) is 11.4 Å². The number of hydrogen-bond donors (Lipinski definition) is 0. The van der Waals surface area contributed by atoms with Crippen LogP contribution in [0.5, 0.6) is 0 Å². The van der Waals surface area contributed by atoms with Crippen LogP contribution < -0.4 is 11.3 Å². The van der Waals surface area contributed by atoms with E-state index in [4.69, 9.17) is 4.42 Å². The first kappa shape index (κ1) is 13.7. The second-order valence-corrected chi connectivity index (χ2v) is 4.42. The molecule has 3 rings (SSSR count). The Hall–Kier alpha value is -3.29. The number of halogens is 1. The predicted octanol–water partition coefficient (Wildman–Crippen LogP) is 1.99. The molecule has 0 radical (unpaired) electrons. The van der Waals surface area contributed by atoms with Crippen LogP contribution in [0.15, 0.2) is 56.5 Å². The molecule has 0 spiro atoms. The van der Waals surface area contributed by atoms with E-state index in [1.165, 1.54) is 18.2 Å². The zero-order chi connectivity index (χ0) is 15.9. The minimum atomic E-state index is -0.960. The molecule has 0 N–H and O–H groups in total. The highest BCUT2D eigenvalue weighted by atomic mass is 19.1. The SMILES string of the molecule is O=c1oc2ccc([N+](=O)[O-])cc2c(=O)n1-c1ccc(F)cc1. The Morgan fingerprint density at radius 1 is 1.09 bits per heavy atom. The predicted molar refractivity (Wildman–Crippen MR) is 74.7 cm³/mol. The summed E-state index contributed by atoms with van der Waals surface area (Å²) >= 11 is 0. The van der Waals surface area contributed by atoms with Crippen molar-refractivity contribution in [2.75, 3.05) is 0 Å². The van der Waals surface area contributed by atoms with Gasteiger partial charge in [0, 0.05) is 12.1 Å². The Bertz CT molecular complexity index is 1000. The Balaban J connectivity index is 2.36. The molecule has 0 aliphatic heterocycles.